The molecule has 2 rings (SSSR count). The Hall–Kier alpha value is -1.10. The molecule has 0 saturated carbocycles. The molecule has 2 unspecified atom stereocenters. The number of hydrogen-bond acceptors (Lipinski definition) is 3. The number of nitrogens with two attached hydrogens (primary N) is 1. The van der Waals surface area contributed by atoms with Crippen molar-refractivity contribution < 1.29 is 4.79 Å². The first kappa shape index (κ1) is 15.3. The second-order valence-electron chi connectivity index (χ2n) is 5.60. The monoisotopic (exact) mass is 295 g/mol. The molecule has 20 heavy (non-hydrogen) atoms. The number of nitrogens with zero attached hydrogens (tertiary/aromatic N) is 1. The average Bonchev–Trinajstić information content (AvgIpc) is 2.83. The average molecular weight is 296 g/mol. The van der Waals surface area contributed by atoms with Gasteiger partial charge in [-0.3, -0.25) is 9.69 Å². The van der Waals surface area contributed by atoms with Crippen molar-refractivity contribution in [1.82, 2.24) is 4.90 Å². The van der Waals surface area contributed by atoms with E-state index in [1.807, 2.05) is 32.0 Å². The van der Waals surface area contributed by atoms with Gasteiger partial charge in [-0.25, -0.2) is 0 Å². The Kier molecular flexibility index (Phi) is 5.02. The first-order valence-electron chi connectivity index (χ1n) is 7.00. The Bertz CT molecular complexity index is 490. The van der Waals surface area contributed by atoms with Crippen molar-refractivity contribution >= 4 is 23.2 Å². The summed E-state index contributed by atoms with van der Waals surface area (Å²) >= 11 is 6.05. The van der Waals surface area contributed by atoms with Gasteiger partial charge in [-0.05, 0) is 50.4 Å². The molecule has 1 amide bonds. The van der Waals surface area contributed by atoms with E-state index in [4.69, 9.17) is 17.3 Å². The van der Waals surface area contributed by atoms with Crippen LogP contribution in [0.25, 0.3) is 0 Å². The molecule has 0 bridgehead atoms. The molecule has 0 aromatic heterocycles. The van der Waals surface area contributed by atoms with Crippen LogP contribution in [0.15, 0.2) is 18.2 Å². The fourth-order valence-electron chi connectivity index (χ4n) is 2.57. The molecule has 1 fully saturated rings. The molecule has 2 atom stereocenters. The van der Waals surface area contributed by atoms with E-state index in [-0.39, 0.29) is 11.9 Å². The van der Waals surface area contributed by atoms with Crippen LogP contribution >= 0.6 is 11.6 Å². The Balaban J connectivity index is 1.89. The van der Waals surface area contributed by atoms with Crippen LogP contribution in [0.5, 0.6) is 0 Å². The molecule has 1 saturated heterocycles. The summed E-state index contributed by atoms with van der Waals surface area (Å²) < 4.78 is 0. The molecule has 4 nitrogen and oxygen atoms in total. The summed E-state index contributed by atoms with van der Waals surface area (Å²) in [5, 5.41) is 3.59. The van der Waals surface area contributed by atoms with Crippen LogP contribution in [0.1, 0.15) is 18.9 Å². The number of likely N-dealkylation sites (tertiary alicyclic amines) is 1. The number of amides is 1. The van der Waals surface area contributed by atoms with Crippen molar-refractivity contribution in [2.75, 3.05) is 25.0 Å². The highest BCUT2D eigenvalue weighted by molar-refractivity contribution is 6.31. The van der Waals surface area contributed by atoms with E-state index >= 15 is 0 Å². The van der Waals surface area contributed by atoms with Crippen LogP contribution in [-0.4, -0.2) is 36.5 Å². The fraction of sp³-hybridized carbons (Fsp3) is 0.533. The van der Waals surface area contributed by atoms with Crippen LogP contribution in [-0.2, 0) is 4.79 Å². The van der Waals surface area contributed by atoms with Gasteiger partial charge in [0.15, 0.2) is 0 Å². The fourth-order valence-corrected chi connectivity index (χ4v) is 2.75. The molecule has 1 aromatic rings. The van der Waals surface area contributed by atoms with Crippen molar-refractivity contribution in [2.24, 2.45) is 11.7 Å². The minimum atomic E-state index is 0.000640. The van der Waals surface area contributed by atoms with Gasteiger partial charge in [0.25, 0.3) is 0 Å². The van der Waals surface area contributed by atoms with Crippen molar-refractivity contribution in [1.29, 1.82) is 0 Å². The summed E-state index contributed by atoms with van der Waals surface area (Å²) in [4.78, 5) is 14.2. The van der Waals surface area contributed by atoms with E-state index in [9.17, 15) is 4.79 Å². The molecule has 1 heterocycles. The lowest BCUT2D eigenvalue weighted by molar-refractivity contribution is -0.117. The van der Waals surface area contributed by atoms with E-state index in [2.05, 4.69) is 10.2 Å². The van der Waals surface area contributed by atoms with Crippen molar-refractivity contribution in [2.45, 2.75) is 26.3 Å². The Morgan fingerprint density at radius 2 is 2.35 bits per heavy atom. The van der Waals surface area contributed by atoms with Crippen LogP contribution < -0.4 is 11.1 Å². The van der Waals surface area contributed by atoms with Crippen LogP contribution in [0.2, 0.25) is 5.02 Å². The molecule has 0 radical (unpaired) electrons. The van der Waals surface area contributed by atoms with Gasteiger partial charge in [0, 0.05) is 23.3 Å². The second kappa shape index (κ2) is 6.57. The highest BCUT2D eigenvalue weighted by atomic mass is 35.5. The first-order valence-corrected chi connectivity index (χ1v) is 7.38. The molecular formula is C15H22ClN3O. The maximum absolute atomic E-state index is 12.1. The smallest absolute Gasteiger partial charge is 0.238 e. The van der Waals surface area contributed by atoms with Crippen molar-refractivity contribution in [3.05, 3.63) is 28.8 Å². The molecule has 110 valence electrons. The molecule has 0 spiro atoms. The number of benzene rings is 1. The second-order valence-corrected chi connectivity index (χ2v) is 6.01. The van der Waals surface area contributed by atoms with E-state index in [1.165, 1.54) is 0 Å². The minimum absolute atomic E-state index is 0.000640. The number of halogens is 1. The van der Waals surface area contributed by atoms with Gasteiger partial charge < -0.3 is 11.1 Å². The predicted molar refractivity (Wildman–Crippen MR) is 83.0 cm³/mol. The molecule has 1 aliphatic heterocycles. The molecule has 1 aromatic carbocycles. The number of nitrogens with one attached hydrogen (secondary N) is 1. The predicted octanol–water partition coefficient (Wildman–Crippen LogP) is 2.26. The third-order valence-electron chi connectivity index (χ3n) is 3.96. The number of carbonyl (C=O) groups is 1. The zero-order chi connectivity index (χ0) is 14.7. The lowest BCUT2D eigenvalue weighted by Gasteiger charge is -2.18. The van der Waals surface area contributed by atoms with Crippen molar-refractivity contribution in [3.63, 3.8) is 0 Å². The maximum Gasteiger partial charge on any atom is 0.238 e. The van der Waals surface area contributed by atoms with Crippen LogP contribution in [0.4, 0.5) is 5.69 Å². The summed E-state index contributed by atoms with van der Waals surface area (Å²) in [6.45, 7) is 6.19. The molecule has 1 aliphatic rings. The summed E-state index contributed by atoms with van der Waals surface area (Å²) in [5.41, 5.74) is 7.59. The Morgan fingerprint density at radius 1 is 1.60 bits per heavy atom. The van der Waals surface area contributed by atoms with Crippen LogP contribution in [0, 0.1) is 12.8 Å². The Morgan fingerprint density at radius 3 is 3.00 bits per heavy atom. The van der Waals surface area contributed by atoms with E-state index < -0.39 is 0 Å². The molecule has 0 aliphatic carbocycles. The van der Waals surface area contributed by atoms with E-state index in [0.29, 0.717) is 17.5 Å². The van der Waals surface area contributed by atoms with Gasteiger partial charge in [-0.1, -0.05) is 17.7 Å². The van der Waals surface area contributed by atoms with Gasteiger partial charge in [-0.2, -0.15) is 0 Å². The summed E-state index contributed by atoms with van der Waals surface area (Å²) in [6.07, 6.45) is 1.07. The normalized spacial score (nSPS) is 20.9. The van der Waals surface area contributed by atoms with E-state index in [0.717, 1.165) is 30.8 Å². The van der Waals surface area contributed by atoms with Gasteiger partial charge in [0.1, 0.15) is 0 Å². The number of carbonyl (C=O) groups excluding carboxylic acids is 1. The SMILES string of the molecule is Cc1c(Cl)cccc1NC(=O)CN1CCC(C(C)N)C1. The van der Waals surface area contributed by atoms with Crippen molar-refractivity contribution in [3.8, 4) is 0 Å². The standard InChI is InChI=1S/C15H22ClN3O/c1-10-13(16)4-3-5-14(10)18-15(20)9-19-7-6-12(8-19)11(2)17/h3-5,11-12H,6-9,17H2,1-2H3,(H,18,20). The summed E-state index contributed by atoms with van der Waals surface area (Å²) in [5.74, 6) is 0.497. The third-order valence-corrected chi connectivity index (χ3v) is 4.37. The lowest BCUT2D eigenvalue weighted by atomic mass is 10.0. The lowest BCUT2D eigenvalue weighted by Crippen LogP contribution is -2.34. The summed E-state index contributed by atoms with van der Waals surface area (Å²) in [7, 11) is 0. The molecule has 3 N–H and O–H groups in total. The van der Waals surface area contributed by atoms with Crippen LogP contribution in [0.3, 0.4) is 0 Å². The first-order chi connectivity index (χ1) is 9.47. The van der Waals surface area contributed by atoms with E-state index in [1.54, 1.807) is 0 Å². The number of anilines is 1. The minimum Gasteiger partial charge on any atom is -0.328 e. The zero-order valence-electron chi connectivity index (χ0n) is 12.0. The number of rotatable bonds is 4. The third kappa shape index (κ3) is 3.72. The largest absolute Gasteiger partial charge is 0.328 e. The van der Waals surface area contributed by atoms with Gasteiger partial charge in [-0.15, -0.1) is 0 Å². The summed E-state index contributed by atoms with van der Waals surface area (Å²) in [6, 6.07) is 5.72. The Labute approximate surface area is 125 Å². The highest BCUT2D eigenvalue weighted by Gasteiger charge is 2.26. The van der Waals surface area contributed by atoms with Gasteiger partial charge >= 0.3 is 0 Å². The highest BCUT2D eigenvalue weighted by Crippen LogP contribution is 2.23. The zero-order valence-corrected chi connectivity index (χ0v) is 12.8. The van der Waals surface area contributed by atoms with Gasteiger partial charge in [0.05, 0.1) is 6.54 Å². The van der Waals surface area contributed by atoms with Gasteiger partial charge in [0.2, 0.25) is 5.91 Å². The maximum atomic E-state index is 12.1. The molecular weight excluding hydrogens is 274 g/mol. The number of hydrogen-bond donors (Lipinski definition) is 2. The topological polar surface area (TPSA) is 58.4 Å². The molecule has 5 heteroatoms. The quantitative estimate of drug-likeness (QED) is 0.896.